The highest BCUT2D eigenvalue weighted by molar-refractivity contribution is 5.62. The minimum Gasteiger partial charge on any atom is -0.485 e. The zero-order chi connectivity index (χ0) is 20.6. The number of hydrogen-bond donors (Lipinski definition) is 1. The molecule has 2 fully saturated rings. The number of benzene rings is 2. The van der Waals surface area contributed by atoms with Crippen molar-refractivity contribution in [3.05, 3.63) is 47.5 Å². The number of aromatic nitrogens is 4. The summed E-state index contributed by atoms with van der Waals surface area (Å²) in [7, 11) is 2.30. The molecule has 2 bridgehead atoms. The van der Waals surface area contributed by atoms with E-state index < -0.39 is 0 Å². The first-order chi connectivity index (χ1) is 15.2. The maximum Gasteiger partial charge on any atom is 0.204 e. The summed E-state index contributed by atoms with van der Waals surface area (Å²) in [5.41, 5.74) is 4.01. The second-order valence-electron chi connectivity index (χ2n) is 9.48. The molecular weight excluding hydrogens is 390 g/mol. The number of ether oxygens (including phenoxy) is 2. The lowest BCUT2D eigenvalue weighted by Gasteiger charge is -2.57. The van der Waals surface area contributed by atoms with Gasteiger partial charge >= 0.3 is 0 Å². The molecule has 3 aromatic rings. The Hall–Kier alpha value is -2.93. The summed E-state index contributed by atoms with van der Waals surface area (Å²) in [5.74, 6) is 3.90. The summed E-state index contributed by atoms with van der Waals surface area (Å²) in [6.07, 6.45) is 6.34. The molecule has 1 N–H and O–H groups in total. The normalized spacial score (nSPS) is 30.5. The molecule has 7 rings (SSSR count). The second-order valence-corrected chi connectivity index (χ2v) is 9.48. The van der Waals surface area contributed by atoms with Gasteiger partial charge < -0.3 is 14.4 Å². The van der Waals surface area contributed by atoms with Crippen molar-refractivity contribution in [3.63, 3.8) is 0 Å². The summed E-state index contributed by atoms with van der Waals surface area (Å²) >= 11 is 0. The van der Waals surface area contributed by atoms with Gasteiger partial charge in [-0.25, -0.2) is 0 Å². The van der Waals surface area contributed by atoms with Gasteiger partial charge in [0.1, 0.15) is 11.9 Å². The van der Waals surface area contributed by atoms with Crippen molar-refractivity contribution in [1.82, 2.24) is 25.5 Å². The molecule has 4 unspecified atom stereocenters. The number of nitrogens with zero attached hydrogens (tertiary/aromatic N) is 4. The van der Waals surface area contributed by atoms with Crippen molar-refractivity contribution >= 4 is 0 Å². The van der Waals surface area contributed by atoms with Gasteiger partial charge in [0.25, 0.3) is 0 Å². The fourth-order valence-corrected chi connectivity index (χ4v) is 6.86. The molecule has 2 aliphatic heterocycles. The Morgan fingerprint density at radius 2 is 2.06 bits per heavy atom. The SMILES string of the molecule is CN1CCC23c4c5ccc(Oc6ccc(-c7nn[nH]n7)cc6)c4OC2CCCC3C1C5. The van der Waals surface area contributed by atoms with E-state index in [9.17, 15) is 0 Å². The quantitative estimate of drug-likeness (QED) is 0.703. The largest absolute Gasteiger partial charge is 0.485 e. The predicted molar refractivity (Wildman–Crippen MR) is 114 cm³/mol. The molecule has 3 heterocycles. The number of aromatic amines is 1. The highest BCUT2D eigenvalue weighted by Crippen LogP contribution is 2.63. The van der Waals surface area contributed by atoms with Gasteiger partial charge in [0.15, 0.2) is 11.5 Å². The topological polar surface area (TPSA) is 76.2 Å². The highest BCUT2D eigenvalue weighted by atomic mass is 16.5. The molecule has 2 aliphatic carbocycles. The zero-order valence-corrected chi connectivity index (χ0v) is 17.5. The van der Waals surface area contributed by atoms with Crippen LogP contribution in [0.1, 0.15) is 36.8 Å². The molecule has 1 spiro atoms. The van der Waals surface area contributed by atoms with Crippen molar-refractivity contribution in [2.75, 3.05) is 13.6 Å². The maximum atomic E-state index is 6.72. The first-order valence-electron chi connectivity index (χ1n) is 11.3. The average molecular weight is 415 g/mol. The smallest absolute Gasteiger partial charge is 0.204 e. The monoisotopic (exact) mass is 415 g/mol. The van der Waals surface area contributed by atoms with E-state index in [0.29, 0.717) is 23.9 Å². The summed E-state index contributed by atoms with van der Waals surface area (Å²) < 4.78 is 13.1. The number of hydrogen-bond acceptors (Lipinski definition) is 6. The number of likely N-dealkylation sites (tertiary alicyclic amines) is 1. The number of likely N-dealkylation sites (N-methyl/N-ethyl adjacent to an activating group) is 1. The Morgan fingerprint density at radius 1 is 1.16 bits per heavy atom. The summed E-state index contributed by atoms with van der Waals surface area (Å²) in [6.45, 7) is 1.16. The van der Waals surface area contributed by atoms with Crippen LogP contribution in [0.2, 0.25) is 0 Å². The third-order valence-corrected chi connectivity index (χ3v) is 8.17. The van der Waals surface area contributed by atoms with E-state index in [2.05, 4.69) is 44.7 Å². The Kier molecular flexibility index (Phi) is 3.60. The van der Waals surface area contributed by atoms with Gasteiger partial charge in [-0.15, -0.1) is 10.2 Å². The van der Waals surface area contributed by atoms with Crippen LogP contribution in [0.25, 0.3) is 11.4 Å². The third kappa shape index (κ3) is 2.35. The van der Waals surface area contributed by atoms with Crippen LogP contribution in [-0.4, -0.2) is 51.3 Å². The summed E-state index contributed by atoms with van der Waals surface area (Å²) in [6, 6.07) is 12.8. The van der Waals surface area contributed by atoms with Crippen molar-refractivity contribution in [1.29, 1.82) is 0 Å². The summed E-state index contributed by atoms with van der Waals surface area (Å²) in [5, 5.41) is 14.2. The van der Waals surface area contributed by atoms with Gasteiger partial charge in [-0.05, 0) is 92.7 Å². The summed E-state index contributed by atoms with van der Waals surface area (Å²) in [4.78, 5) is 2.59. The van der Waals surface area contributed by atoms with Gasteiger partial charge in [0, 0.05) is 22.6 Å². The van der Waals surface area contributed by atoms with Crippen LogP contribution < -0.4 is 9.47 Å². The Bertz CT molecular complexity index is 1150. The van der Waals surface area contributed by atoms with Gasteiger partial charge in [0.2, 0.25) is 5.82 Å². The minimum absolute atomic E-state index is 0.181. The molecule has 1 saturated carbocycles. The third-order valence-electron chi connectivity index (χ3n) is 8.17. The molecular formula is C24H25N5O2. The van der Waals surface area contributed by atoms with Crippen LogP contribution in [0, 0.1) is 5.92 Å². The van der Waals surface area contributed by atoms with E-state index in [1.165, 1.54) is 30.4 Å². The first-order valence-corrected chi connectivity index (χ1v) is 11.3. The van der Waals surface area contributed by atoms with Crippen LogP contribution in [0.5, 0.6) is 17.2 Å². The van der Waals surface area contributed by atoms with Crippen LogP contribution >= 0.6 is 0 Å². The van der Waals surface area contributed by atoms with E-state index in [-0.39, 0.29) is 5.41 Å². The molecule has 7 heteroatoms. The standard InChI is InChI=1S/C24H25N5O2/c1-29-12-11-24-17-3-2-4-20(24)31-22-19(10-7-15(21(22)24)13-18(17)29)30-16-8-5-14(6-9-16)23-25-27-28-26-23/h5-10,17-18,20H,2-4,11-13H2,1H3,(H,25,26,27,28). The second kappa shape index (κ2) is 6.29. The van der Waals surface area contributed by atoms with Crippen LogP contribution in [0.4, 0.5) is 0 Å². The highest BCUT2D eigenvalue weighted by Gasteiger charge is 2.63. The van der Waals surface area contributed by atoms with E-state index in [4.69, 9.17) is 9.47 Å². The number of nitrogens with one attached hydrogen (secondary N) is 1. The average Bonchev–Trinajstić information content (AvgIpc) is 3.44. The zero-order valence-electron chi connectivity index (χ0n) is 17.5. The van der Waals surface area contributed by atoms with Gasteiger partial charge in [-0.3, -0.25) is 0 Å². The van der Waals surface area contributed by atoms with Crippen molar-refractivity contribution in [2.24, 2.45) is 5.92 Å². The Morgan fingerprint density at radius 3 is 2.90 bits per heavy atom. The van der Waals surface area contributed by atoms with E-state index >= 15 is 0 Å². The van der Waals surface area contributed by atoms with Crippen molar-refractivity contribution in [3.8, 4) is 28.6 Å². The molecule has 7 nitrogen and oxygen atoms in total. The fourth-order valence-electron chi connectivity index (χ4n) is 6.86. The van der Waals surface area contributed by atoms with E-state index in [1.807, 2.05) is 24.3 Å². The minimum atomic E-state index is 0.181. The number of rotatable bonds is 3. The Labute approximate surface area is 180 Å². The molecule has 1 aromatic heterocycles. The number of tetrazole rings is 1. The van der Waals surface area contributed by atoms with E-state index in [1.54, 1.807) is 0 Å². The molecule has 2 aromatic carbocycles. The van der Waals surface area contributed by atoms with Crippen LogP contribution in [0.15, 0.2) is 36.4 Å². The lowest BCUT2D eigenvalue weighted by Crippen LogP contribution is -2.63. The van der Waals surface area contributed by atoms with Crippen LogP contribution in [0.3, 0.4) is 0 Å². The predicted octanol–water partition coefficient (Wildman–Crippen LogP) is 3.72. The molecule has 0 radical (unpaired) electrons. The molecule has 158 valence electrons. The molecule has 31 heavy (non-hydrogen) atoms. The van der Waals surface area contributed by atoms with Crippen molar-refractivity contribution < 1.29 is 9.47 Å². The van der Waals surface area contributed by atoms with Gasteiger partial charge in [0.05, 0.1) is 0 Å². The van der Waals surface area contributed by atoms with Crippen LogP contribution in [-0.2, 0) is 11.8 Å². The fraction of sp³-hybridized carbons (Fsp3) is 0.458. The lowest BCUT2D eigenvalue weighted by atomic mass is 9.52. The molecule has 4 aliphatic rings. The number of piperidine rings is 1. The lowest BCUT2D eigenvalue weighted by molar-refractivity contribution is -0.0426. The molecule has 4 atom stereocenters. The first kappa shape index (κ1) is 17.7. The molecule has 1 saturated heterocycles. The Balaban J connectivity index is 1.28. The van der Waals surface area contributed by atoms with Crippen molar-refractivity contribution in [2.45, 2.75) is 49.7 Å². The van der Waals surface area contributed by atoms with Gasteiger partial charge in [-0.1, -0.05) is 6.07 Å². The van der Waals surface area contributed by atoms with Gasteiger partial charge in [-0.2, -0.15) is 5.21 Å². The van der Waals surface area contributed by atoms with E-state index in [0.717, 1.165) is 42.2 Å². The maximum absolute atomic E-state index is 6.72. The number of H-pyrrole nitrogens is 1. The molecule has 0 amide bonds.